The lowest BCUT2D eigenvalue weighted by Gasteiger charge is -2.23. The molecule has 1 aliphatic carbocycles. The van der Waals surface area contributed by atoms with Crippen molar-refractivity contribution < 1.29 is 4.79 Å². The average Bonchev–Trinajstić information content (AvgIpc) is 3.23. The number of carbonyl (C=O) groups is 1. The number of aryl methyl sites for hydroxylation is 1. The van der Waals surface area contributed by atoms with Gasteiger partial charge >= 0.3 is 0 Å². The highest BCUT2D eigenvalue weighted by Gasteiger charge is 2.34. The zero-order valence-electron chi connectivity index (χ0n) is 11.7. The van der Waals surface area contributed by atoms with Crippen LogP contribution in [0.1, 0.15) is 52.7 Å². The molecule has 6 nitrogen and oxygen atoms in total. The Labute approximate surface area is 122 Å². The van der Waals surface area contributed by atoms with Gasteiger partial charge in [0.25, 0.3) is 5.91 Å². The summed E-state index contributed by atoms with van der Waals surface area (Å²) in [7, 11) is 0. The Hall–Kier alpha value is -2.24. The Balaban J connectivity index is 1.64. The first-order valence-electron chi connectivity index (χ1n) is 7.47. The van der Waals surface area contributed by atoms with Crippen molar-refractivity contribution in [3.63, 3.8) is 0 Å². The maximum atomic E-state index is 12.8. The molecule has 0 radical (unpaired) electrons. The number of likely N-dealkylation sites (tertiary alicyclic amines) is 1. The van der Waals surface area contributed by atoms with E-state index < -0.39 is 0 Å². The predicted molar refractivity (Wildman–Crippen MR) is 75.7 cm³/mol. The van der Waals surface area contributed by atoms with E-state index in [4.69, 9.17) is 0 Å². The highest BCUT2D eigenvalue weighted by molar-refractivity contribution is 5.94. The fourth-order valence-electron chi connectivity index (χ4n) is 3.43. The molecule has 2 aromatic heterocycles. The Morgan fingerprint density at radius 3 is 3.10 bits per heavy atom. The minimum absolute atomic E-state index is 0.0277. The first kappa shape index (κ1) is 12.5. The van der Waals surface area contributed by atoms with Crippen LogP contribution in [0.15, 0.2) is 18.6 Å². The molecule has 108 valence electrons. The third-order valence-corrected chi connectivity index (χ3v) is 4.45. The predicted octanol–water partition coefficient (Wildman–Crippen LogP) is 1.67. The van der Waals surface area contributed by atoms with Gasteiger partial charge in [-0.3, -0.25) is 19.9 Å². The van der Waals surface area contributed by atoms with Crippen LogP contribution in [-0.2, 0) is 12.8 Å². The van der Waals surface area contributed by atoms with E-state index in [1.54, 1.807) is 18.6 Å². The monoisotopic (exact) mass is 283 g/mol. The molecule has 1 atom stereocenters. The molecule has 1 unspecified atom stereocenters. The maximum Gasteiger partial charge on any atom is 0.275 e. The molecular weight excluding hydrogens is 266 g/mol. The van der Waals surface area contributed by atoms with Gasteiger partial charge < -0.3 is 4.90 Å². The van der Waals surface area contributed by atoms with E-state index in [0.717, 1.165) is 55.6 Å². The van der Waals surface area contributed by atoms with Crippen molar-refractivity contribution in [1.29, 1.82) is 0 Å². The molecule has 2 aliphatic rings. The molecule has 0 aromatic carbocycles. The minimum atomic E-state index is 0.0277. The van der Waals surface area contributed by atoms with Crippen LogP contribution in [0.25, 0.3) is 0 Å². The molecule has 2 aromatic rings. The molecule has 6 heteroatoms. The molecule has 4 rings (SSSR count). The van der Waals surface area contributed by atoms with E-state index in [9.17, 15) is 4.79 Å². The summed E-state index contributed by atoms with van der Waals surface area (Å²) in [5.74, 6) is 0.0301. The second kappa shape index (κ2) is 4.95. The van der Waals surface area contributed by atoms with E-state index in [0.29, 0.717) is 5.69 Å². The van der Waals surface area contributed by atoms with Gasteiger partial charge in [-0.2, -0.15) is 5.10 Å². The summed E-state index contributed by atoms with van der Waals surface area (Å²) in [5.41, 5.74) is 3.73. The number of aromatic nitrogens is 4. The first-order valence-corrected chi connectivity index (χ1v) is 7.47. The summed E-state index contributed by atoms with van der Waals surface area (Å²) in [5, 5.41) is 7.28. The molecule has 1 saturated heterocycles. The number of fused-ring (bicyclic) bond motifs is 1. The Bertz CT molecular complexity index is 666. The number of hydrogen-bond donors (Lipinski definition) is 1. The third kappa shape index (κ3) is 2.02. The normalized spacial score (nSPS) is 20.8. The van der Waals surface area contributed by atoms with E-state index >= 15 is 0 Å². The van der Waals surface area contributed by atoms with Gasteiger partial charge in [0, 0.05) is 30.2 Å². The van der Waals surface area contributed by atoms with Gasteiger partial charge in [0.2, 0.25) is 0 Å². The van der Waals surface area contributed by atoms with Gasteiger partial charge in [0.15, 0.2) is 5.69 Å². The summed E-state index contributed by atoms with van der Waals surface area (Å²) in [6.45, 7) is 0.766. The van der Waals surface area contributed by atoms with Crippen molar-refractivity contribution in [3.05, 3.63) is 41.2 Å². The van der Waals surface area contributed by atoms with Crippen LogP contribution in [0, 0.1) is 0 Å². The molecule has 1 fully saturated rings. The van der Waals surface area contributed by atoms with Gasteiger partial charge in [-0.05, 0) is 32.1 Å². The molecule has 1 aliphatic heterocycles. The van der Waals surface area contributed by atoms with Crippen LogP contribution in [-0.4, -0.2) is 37.5 Å². The highest BCUT2D eigenvalue weighted by Crippen LogP contribution is 2.33. The van der Waals surface area contributed by atoms with Crippen LogP contribution in [0.3, 0.4) is 0 Å². The van der Waals surface area contributed by atoms with Crippen molar-refractivity contribution in [3.8, 4) is 0 Å². The summed E-state index contributed by atoms with van der Waals surface area (Å²) in [4.78, 5) is 23.2. The Morgan fingerprint density at radius 2 is 2.24 bits per heavy atom. The van der Waals surface area contributed by atoms with Crippen LogP contribution < -0.4 is 0 Å². The van der Waals surface area contributed by atoms with Crippen LogP contribution in [0.2, 0.25) is 0 Å². The van der Waals surface area contributed by atoms with Gasteiger partial charge in [-0.15, -0.1) is 0 Å². The zero-order chi connectivity index (χ0) is 14.2. The maximum absolute atomic E-state index is 12.8. The zero-order valence-corrected chi connectivity index (χ0v) is 11.7. The number of nitrogens with zero attached hydrogens (tertiary/aromatic N) is 4. The number of nitrogens with one attached hydrogen (secondary N) is 1. The molecule has 0 bridgehead atoms. The smallest absolute Gasteiger partial charge is 0.275 e. The lowest BCUT2D eigenvalue weighted by atomic mass is 10.1. The number of aromatic amines is 1. The first-order chi connectivity index (χ1) is 10.3. The van der Waals surface area contributed by atoms with E-state index in [1.807, 2.05) is 4.90 Å². The lowest BCUT2D eigenvalue weighted by Crippen LogP contribution is -2.32. The quantitative estimate of drug-likeness (QED) is 0.909. The molecular formula is C15H17N5O. The topological polar surface area (TPSA) is 74.8 Å². The van der Waals surface area contributed by atoms with Crippen LogP contribution in [0.4, 0.5) is 0 Å². The fraction of sp³-hybridized carbons (Fsp3) is 0.467. The van der Waals surface area contributed by atoms with Crippen LogP contribution >= 0.6 is 0 Å². The molecule has 0 spiro atoms. The summed E-state index contributed by atoms with van der Waals surface area (Å²) in [6, 6.07) is 0.0277. The van der Waals surface area contributed by atoms with Crippen LogP contribution in [0.5, 0.6) is 0 Å². The fourth-order valence-corrected chi connectivity index (χ4v) is 3.43. The average molecular weight is 283 g/mol. The van der Waals surface area contributed by atoms with Crippen molar-refractivity contribution >= 4 is 5.91 Å². The third-order valence-electron chi connectivity index (χ3n) is 4.45. The second-order valence-electron chi connectivity index (χ2n) is 5.67. The highest BCUT2D eigenvalue weighted by atomic mass is 16.2. The Kier molecular flexibility index (Phi) is 2.94. The summed E-state index contributed by atoms with van der Waals surface area (Å²) in [6.07, 6.45) is 10.1. The number of H-pyrrole nitrogens is 1. The molecule has 1 amide bonds. The minimum Gasteiger partial charge on any atom is -0.329 e. The van der Waals surface area contributed by atoms with Gasteiger partial charge in [-0.25, -0.2) is 0 Å². The second-order valence-corrected chi connectivity index (χ2v) is 5.67. The van der Waals surface area contributed by atoms with Gasteiger partial charge in [0.1, 0.15) is 0 Å². The van der Waals surface area contributed by atoms with Crippen molar-refractivity contribution in [2.45, 2.75) is 38.1 Å². The number of rotatable bonds is 2. The van der Waals surface area contributed by atoms with E-state index in [1.165, 1.54) is 0 Å². The van der Waals surface area contributed by atoms with Gasteiger partial charge in [-0.1, -0.05) is 0 Å². The van der Waals surface area contributed by atoms with E-state index in [2.05, 4.69) is 20.2 Å². The van der Waals surface area contributed by atoms with Crippen molar-refractivity contribution in [1.82, 2.24) is 25.1 Å². The molecule has 21 heavy (non-hydrogen) atoms. The molecule has 3 heterocycles. The number of carbonyl (C=O) groups excluding carboxylic acids is 1. The van der Waals surface area contributed by atoms with Crippen molar-refractivity contribution in [2.75, 3.05) is 6.54 Å². The standard InChI is InChI=1S/C15H17N5O/c21-15(14-10-3-1-4-11(10)18-19-14)20-8-2-5-13(20)12-9-16-6-7-17-12/h6-7,9,13H,1-5,8H2,(H,18,19). The Morgan fingerprint density at radius 1 is 1.29 bits per heavy atom. The lowest BCUT2D eigenvalue weighted by molar-refractivity contribution is 0.0725. The number of hydrogen-bond acceptors (Lipinski definition) is 4. The summed E-state index contributed by atoms with van der Waals surface area (Å²) < 4.78 is 0. The SMILES string of the molecule is O=C(c1n[nH]c2c1CCC2)N1CCCC1c1cnccn1. The number of amides is 1. The largest absolute Gasteiger partial charge is 0.329 e. The summed E-state index contributed by atoms with van der Waals surface area (Å²) >= 11 is 0. The molecule has 1 N–H and O–H groups in total. The molecule has 0 saturated carbocycles. The van der Waals surface area contributed by atoms with E-state index in [-0.39, 0.29) is 11.9 Å². The van der Waals surface area contributed by atoms with Gasteiger partial charge in [0.05, 0.1) is 17.9 Å². The van der Waals surface area contributed by atoms with Crippen molar-refractivity contribution in [2.24, 2.45) is 0 Å².